The van der Waals surface area contributed by atoms with E-state index in [2.05, 4.69) is 0 Å². The number of aromatic carboxylic acids is 1. The zero-order valence-electron chi connectivity index (χ0n) is 16.7. The number of fused-ring (bicyclic) bond motifs is 3. The number of hydrogen-bond donors (Lipinski definition) is 1. The van der Waals surface area contributed by atoms with Crippen LogP contribution in [0.25, 0.3) is 11.3 Å². The van der Waals surface area contributed by atoms with Crippen LogP contribution in [0.5, 0.6) is 5.75 Å². The Morgan fingerprint density at radius 2 is 2.03 bits per heavy atom. The molecule has 1 saturated carbocycles. The molecule has 3 heterocycles. The molecule has 1 saturated heterocycles. The van der Waals surface area contributed by atoms with Crippen molar-refractivity contribution in [2.24, 2.45) is 5.41 Å². The lowest BCUT2D eigenvalue weighted by molar-refractivity contribution is -0.120. The van der Waals surface area contributed by atoms with E-state index in [9.17, 15) is 23.1 Å². The Kier molecular flexibility index (Phi) is 4.52. The van der Waals surface area contributed by atoms with Crippen molar-refractivity contribution in [1.82, 2.24) is 4.57 Å². The maximum atomic E-state index is 13.1. The number of nitrogens with zero attached hydrogens (tertiary/aromatic N) is 1. The lowest BCUT2D eigenvalue weighted by atomic mass is 9.90. The highest BCUT2D eigenvalue weighted by Gasteiger charge is 2.38. The molecule has 5 rings (SSSR count). The van der Waals surface area contributed by atoms with Gasteiger partial charge in [-0.2, -0.15) is 0 Å². The van der Waals surface area contributed by atoms with Crippen molar-refractivity contribution in [3.63, 3.8) is 0 Å². The zero-order chi connectivity index (χ0) is 22.1. The Labute approximate surface area is 183 Å². The van der Waals surface area contributed by atoms with Gasteiger partial charge in [0.05, 0.1) is 41.2 Å². The van der Waals surface area contributed by atoms with Crippen molar-refractivity contribution in [3.05, 3.63) is 44.7 Å². The highest BCUT2D eigenvalue weighted by Crippen LogP contribution is 2.46. The largest absolute Gasteiger partial charge is 0.491 e. The highest BCUT2D eigenvalue weighted by atomic mass is 35.5. The summed E-state index contributed by atoms with van der Waals surface area (Å²) in [4.78, 5) is 24.5. The predicted octanol–water partition coefficient (Wildman–Crippen LogP) is 2.90. The number of rotatable bonds is 5. The first-order valence-electron chi connectivity index (χ1n) is 9.89. The SMILES string of the molecule is CC1(COc2cc3c(cc2Cl)-c2c(cc(C(=O)O)c(=O)n2C2CC2)CS3(=O)=O)COC1. The van der Waals surface area contributed by atoms with Crippen molar-refractivity contribution in [3.8, 4) is 17.0 Å². The smallest absolute Gasteiger partial charge is 0.341 e. The third-order valence-corrected chi connectivity index (χ3v) is 7.90. The van der Waals surface area contributed by atoms with E-state index in [1.165, 1.54) is 22.8 Å². The standard InChI is InChI=1S/C21H20ClNO7S/c1-21(8-29-9-21)10-30-16-6-17-13(5-15(16)22)18-11(7-31(17,27)28)4-14(20(25)26)19(24)23(18)12-2-3-12/h4-6,12H,2-3,7-10H2,1H3,(H,25,26). The lowest BCUT2D eigenvalue weighted by Crippen LogP contribution is -2.44. The zero-order valence-corrected chi connectivity index (χ0v) is 18.3. The van der Waals surface area contributed by atoms with Gasteiger partial charge in [-0.3, -0.25) is 4.79 Å². The number of carbonyl (C=O) groups is 1. The first kappa shape index (κ1) is 20.5. The van der Waals surface area contributed by atoms with Gasteiger partial charge in [0.15, 0.2) is 9.84 Å². The number of aromatic nitrogens is 1. The van der Waals surface area contributed by atoms with Crippen LogP contribution >= 0.6 is 11.6 Å². The first-order chi connectivity index (χ1) is 14.6. The molecule has 2 aromatic rings. The van der Waals surface area contributed by atoms with Crippen molar-refractivity contribution in [2.75, 3.05) is 19.8 Å². The summed E-state index contributed by atoms with van der Waals surface area (Å²) in [5, 5.41) is 9.67. The number of benzene rings is 1. The predicted molar refractivity (Wildman–Crippen MR) is 112 cm³/mol. The van der Waals surface area contributed by atoms with Gasteiger partial charge in [-0.15, -0.1) is 0 Å². The lowest BCUT2D eigenvalue weighted by Gasteiger charge is -2.37. The Hall–Kier alpha value is -2.36. The van der Waals surface area contributed by atoms with Crippen LogP contribution in [-0.2, 0) is 20.3 Å². The molecule has 31 heavy (non-hydrogen) atoms. The van der Waals surface area contributed by atoms with Gasteiger partial charge in [0.2, 0.25) is 0 Å². The molecular weight excluding hydrogens is 446 g/mol. The van der Waals surface area contributed by atoms with Gasteiger partial charge < -0.3 is 19.1 Å². The van der Waals surface area contributed by atoms with Crippen molar-refractivity contribution >= 4 is 27.4 Å². The second kappa shape index (κ2) is 6.82. The maximum absolute atomic E-state index is 13.1. The maximum Gasteiger partial charge on any atom is 0.341 e. The van der Waals surface area contributed by atoms with E-state index < -0.39 is 32.7 Å². The van der Waals surface area contributed by atoms with E-state index in [0.717, 1.165) is 12.8 Å². The Morgan fingerprint density at radius 1 is 1.32 bits per heavy atom. The van der Waals surface area contributed by atoms with Gasteiger partial charge in [0.25, 0.3) is 5.56 Å². The number of carboxylic acid groups (broad SMARTS) is 1. The molecule has 0 unspecified atom stereocenters. The van der Waals surface area contributed by atoms with E-state index in [-0.39, 0.29) is 27.1 Å². The summed E-state index contributed by atoms with van der Waals surface area (Å²) in [5.74, 6) is -1.52. The Balaban J connectivity index is 1.68. The molecule has 2 aliphatic heterocycles. The van der Waals surface area contributed by atoms with E-state index in [1.54, 1.807) is 0 Å². The molecule has 0 bridgehead atoms. The molecule has 2 fully saturated rings. The van der Waals surface area contributed by atoms with Gasteiger partial charge in [0.1, 0.15) is 11.3 Å². The summed E-state index contributed by atoms with van der Waals surface area (Å²) in [7, 11) is -3.79. The summed E-state index contributed by atoms with van der Waals surface area (Å²) >= 11 is 6.45. The molecule has 10 heteroatoms. The normalized spacial score (nSPS) is 20.3. The average molecular weight is 466 g/mol. The minimum atomic E-state index is -3.79. The summed E-state index contributed by atoms with van der Waals surface area (Å²) in [6.07, 6.45) is 1.46. The van der Waals surface area contributed by atoms with Gasteiger partial charge >= 0.3 is 5.97 Å². The molecule has 1 aromatic carbocycles. The Morgan fingerprint density at radius 3 is 2.61 bits per heavy atom. The molecule has 0 radical (unpaired) electrons. The molecule has 164 valence electrons. The van der Waals surface area contributed by atoms with Crippen LogP contribution in [-0.4, -0.2) is 43.9 Å². The number of halogens is 1. The molecule has 0 amide bonds. The quantitative estimate of drug-likeness (QED) is 0.722. The van der Waals surface area contributed by atoms with Gasteiger partial charge in [-0.25, -0.2) is 13.2 Å². The fraction of sp³-hybridized carbons (Fsp3) is 0.429. The number of pyridine rings is 1. The minimum Gasteiger partial charge on any atom is -0.491 e. The van der Waals surface area contributed by atoms with Crippen LogP contribution in [0.2, 0.25) is 5.02 Å². The molecule has 1 aromatic heterocycles. The van der Waals surface area contributed by atoms with E-state index in [4.69, 9.17) is 21.1 Å². The molecular formula is C21H20ClNO7S. The van der Waals surface area contributed by atoms with Crippen LogP contribution in [0.1, 0.15) is 41.7 Å². The Bertz CT molecular complexity index is 1290. The minimum absolute atomic E-state index is 0.0336. The summed E-state index contributed by atoms with van der Waals surface area (Å²) in [5.41, 5.74) is -0.183. The second-order valence-electron chi connectivity index (χ2n) is 8.77. The van der Waals surface area contributed by atoms with Crippen molar-refractivity contribution < 1.29 is 27.8 Å². The highest BCUT2D eigenvalue weighted by molar-refractivity contribution is 7.90. The van der Waals surface area contributed by atoms with Crippen LogP contribution in [0, 0.1) is 5.41 Å². The summed E-state index contributed by atoms with van der Waals surface area (Å²) in [6.45, 7) is 3.45. The summed E-state index contributed by atoms with van der Waals surface area (Å²) in [6, 6.07) is 3.93. The molecule has 1 N–H and O–H groups in total. The fourth-order valence-electron chi connectivity index (χ4n) is 4.09. The van der Waals surface area contributed by atoms with Gasteiger partial charge in [-0.1, -0.05) is 18.5 Å². The summed E-state index contributed by atoms with van der Waals surface area (Å²) < 4.78 is 38.6. The van der Waals surface area contributed by atoms with Crippen LogP contribution < -0.4 is 10.3 Å². The van der Waals surface area contributed by atoms with Gasteiger partial charge in [-0.05, 0) is 30.5 Å². The molecule has 0 spiro atoms. The third-order valence-electron chi connectivity index (χ3n) is 5.90. The van der Waals surface area contributed by atoms with Gasteiger partial charge in [0, 0.05) is 23.1 Å². The third kappa shape index (κ3) is 3.35. The van der Waals surface area contributed by atoms with E-state index in [1.807, 2.05) is 6.92 Å². The molecule has 3 aliphatic rings. The second-order valence-corrected chi connectivity index (χ2v) is 11.1. The molecule has 8 nitrogen and oxygen atoms in total. The van der Waals surface area contributed by atoms with E-state index >= 15 is 0 Å². The number of ether oxygens (including phenoxy) is 2. The van der Waals surface area contributed by atoms with Crippen LogP contribution in [0.4, 0.5) is 0 Å². The fourth-order valence-corrected chi connectivity index (χ4v) is 5.87. The molecule has 0 atom stereocenters. The average Bonchev–Trinajstić information content (AvgIpc) is 3.49. The van der Waals surface area contributed by atoms with Crippen molar-refractivity contribution in [2.45, 2.75) is 36.5 Å². The first-order valence-corrected chi connectivity index (χ1v) is 11.9. The van der Waals surface area contributed by atoms with Crippen molar-refractivity contribution in [1.29, 1.82) is 0 Å². The monoisotopic (exact) mass is 465 g/mol. The number of sulfone groups is 1. The van der Waals surface area contributed by atoms with Crippen LogP contribution in [0.3, 0.4) is 0 Å². The van der Waals surface area contributed by atoms with E-state index in [0.29, 0.717) is 36.6 Å². The van der Waals surface area contributed by atoms with Crippen LogP contribution in [0.15, 0.2) is 27.9 Å². The molecule has 1 aliphatic carbocycles. The topological polar surface area (TPSA) is 112 Å². The number of carboxylic acids is 1. The number of hydrogen-bond acceptors (Lipinski definition) is 6.